The Morgan fingerprint density at radius 1 is 0.649 bits per heavy atom. The molecule has 1 aliphatic heterocycles. The van der Waals surface area contributed by atoms with Crippen molar-refractivity contribution in [1.82, 2.24) is 14.5 Å². The Balaban J connectivity index is 1.46. The average Bonchev–Trinajstić information content (AvgIpc) is 3.27. The number of hydrogen-bond donors (Lipinski definition) is 0. The van der Waals surface area contributed by atoms with Crippen LogP contribution in [0.4, 0.5) is 0 Å². The van der Waals surface area contributed by atoms with Gasteiger partial charge in [-0.3, -0.25) is 4.57 Å². The van der Waals surface area contributed by atoms with Gasteiger partial charge in [0.15, 0.2) is 0 Å². The molecule has 0 fully saturated rings. The van der Waals surface area contributed by atoms with E-state index in [-0.39, 0.29) is 0 Å². The normalized spacial score (nSPS) is 12.4. The minimum absolute atomic E-state index is 0.706. The van der Waals surface area contributed by atoms with Gasteiger partial charge in [0, 0.05) is 31.5 Å². The Labute approximate surface area is 218 Å². The van der Waals surface area contributed by atoms with Crippen LogP contribution in [0.2, 0.25) is 0 Å². The quantitative estimate of drug-likeness (QED) is 0.242. The van der Waals surface area contributed by atoms with Crippen molar-refractivity contribution in [3.8, 4) is 28.3 Å². The van der Waals surface area contributed by atoms with Crippen molar-refractivity contribution in [3.63, 3.8) is 0 Å². The number of hydrogen-bond acceptors (Lipinski definition) is 3. The first-order valence-electron chi connectivity index (χ1n) is 12.4. The number of para-hydroxylation sites is 1. The number of aryl methyl sites for hydroxylation is 1. The Morgan fingerprint density at radius 2 is 1.43 bits per heavy atom. The van der Waals surface area contributed by atoms with E-state index in [1.807, 2.05) is 11.8 Å². The number of benzene rings is 5. The SMILES string of the molecule is Cc1ccc2c(c1)c1ccccc1n2-c1nc2c3c(cccc3n1)Sc1c(-c3ccccc3)cccc1-2. The van der Waals surface area contributed by atoms with Gasteiger partial charge in [-0.1, -0.05) is 96.2 Å². The molecule has 37 heavy (non-hydrogen) atoms. The second-order valence-electron chi connectivity index (χ2n) is 9.55. The van der Waals surface area contributed by atoms with Crippen LogP contribution in [0.5, 0.6) is 0 Å². The van der Waals surface area contributed by atoms with Crippen molar-refractivity contribution in [2.45, 2.75) is 16.7 Å². The molecule has 3 heterocycles. The molecule has 4 heteroatoms. The van der Waals surface area contributed by atoms with Gasteiger partial charge in [0.2, 0.25) is 5.95 Å². The summed E-state index contributed by atoms with van der Waals surface area (Å²) in [5.74, 6) is 0.706. The van der Waals surface area contributed by atoms with Gasteiger partial charge in [-0.2, -0.15) is 0 Å². The van der Waals surface area contributed by atoms with Gasteiger partial charge in [0.05, 0.1) is 22.2 Å². The summed E-state index contributed by atoms with van der Waals surface area (Å²) < 4.78 is 2.22. The van der Waals surface area contributed by atoms with Gasteiger partial charge in [-0.05, 0) is 48.4 Å². The summed E-state index contributed by atoms with van der Waals surface area (Å²) in [5, 5.41) is 3.57. The van der Waals surface area contributed by atoms with Crippen molar-refractivity contribution in [2.75, 3.05) is 0 Å². The third-order valence-electron chi connectivity index (χ3n) is 7.27. The second kappa shape index (κ2) is 7.79. The minimum atomic E-state index is 0.706. The summed E-state index contributed by atoms with van der Waals surface area (Å²) in [6.45, 7) is 2.14. The maximum atomic E-state index is 5.31. The molecule has 0 saturated heterocycles. The van der Waals surface area contributed by atoms with Crippen LogP contribution in [-0.2, 0) is 0 Å². The molecular weight excluding hydrogens is 470 g/mol. The predicted octanol–water partition coefficient (Wildman–Crippen LogP) is 8.83. The summed E-state index contributed by atoms with van der Waals surface area (Å²) in [5.41, 5.74) is 9.07. The molecule has 0 amide bonds. The van der Waals surface area contributed by atoms with E-state index in [1.54, 1.807) is 0 Å². The highest BCUT2D eigenvalue weighted by molar-refractivity contribution is 8.00. The lowest BCUT2D eigenvalue weighted by Gasteiger charge is -2.22. The summed E-state index contributed by atoms with van der Waals surface area (Å²) >= 11 is 1.82. The standard InChI is InChI=1S/C33H21N3S/c1-20-17-18-28-25(19-20)23-11-5-6-15-27(23)36(28)33-34-26-14-8-16-29-30(26)31(35-33)24-13-7-12-22(32(24)37-29)21-9-3-2-4-10-21/h2-19H,1H3. The second-order valence-corrected chi connectivity index (χ2v) is 10.6. The van der Waals surface area contributed by atoms with E-state index in [2.05, 4.69) is 121 Å². The fourth-order valence-electron chi connectivity index (χ4n) is 5.61. The molecule has 5 aromatic carbocycles. The first-order valence-corrected chi connectivity index (χ1v) is 13.3. The van der Waals surface area contributed by atoms with E-state index in [0.717, 1.165) is 33.2 Å². The smallest absolute Gasteiger partial charge is 0.235 e. The number of fused-ring (bicyclic) bond motifs is 5. The van der Waals surface area contributed by atoms with Crippen molar-refractivity contribution in [2.24, 2.45) is 0 Å². The minimum Gasteiger partial charge on any atom is -0.278 e. The molecule has 0 unspecified atom stereocenters. The lowest BCUT2D eigenvalue weighted by molar-refractivity contribution is 1.01. The third kappa shape index (κ3) is 3.03. The number of nitrogens with zero attached hydrogens (tertiary/aromatic N) is 3. The molecule has 2 aromatic heterocycles. The van der Waals surface area contributed by atoms with Gasteiger partial charge >= 0.3 is 0 Å². The molecule has 1 aliphatic rings. The Bertz CT molecular complexity index is 2020. The summed E-state index contributed by atoms with van der Waals surface area (Å²) in [7, 11) is 0. The van der Waals surface area contributed by atoms with Crippen LogP contribution >= 0.6 is 11.8 Å². The van der Waals surface area contributed by atoms with Crippen LogP contribution < -0.4 is 0 Å². The maximum Gasteiger partial charge on any atom is 0.235 e. The Kier molecular flexibility index (Phi) is 4.37. The lowest BCUT2D eigenvalue weighted by Crippen LogP contribution is -2.06. The molecule has 0 radical (unpaired) electrons. The monoisotopic (exact) mass is 491 g/mol. The number of aromatic nitrogens is 3. The summed E-state index contributed by atoms with van der Waals surface area (Å²) in [6.07, 6.45) is 0. The Hall–Kier alpha value is -4.41. The molecule has 0 N–H and O–H groups in total. The van der Waals surface area contributed by atoms with Crippen LogP contribution in [0.15, 0.2) is 119 Å². The van der Waals surface area contributed by atoms with E-state index < -0.39 is 0 Å². The van der Waals surface area contributed by atoms with Crippen LogP contribution in [0, 0.1) is 6.92 Å². The van der Waals surface area contributed by atoms with Crippen LogP contribution in [0.25, 0.3) is 61.0 Å². The van der Waals surface area contributed by atoms with Crippen LogP contribution in [0.1, 0.15) is 5.56 Å². The first-order chi connectivity index (χ1) is 18.3. The van der Waals surface area contributed by atoms with E-state index in [9.17, 15) is 0 Å². The largest absolute Gasteiger partial charge is 0.278 e. The van der Waals surface area contributed by atoms with Gasteiger partial charge in [0.1, 0.15) is 0 Å². The highest BCUT2D eigenvalue weighted by Crippen LogP contribution is 2.50. The van der Waals surface area contributed by atoms with E-state index >= 15 is 0 Å². The van der Waals surface area contributed by atoms with E-state index in [0.29, 0.717) is 5.95 Å². The molecule has 0 spiro atoms. The third-order valence-corrected chi connectivity index (χ3v) is 8.47. The maximum absolute atomic E-state index is 5.31. The fourth-order valence-corrected chi connectivity index (χ4v) is 6.85. The fraction of sp³-hybridized carbons (Fsp3) is 0.0303. The van der Waals surface area contributed by atoms with Crippen LogP contribution in [-0.4, -0.2) is 14.5 Å². The van der Waals surface area contributed by atoms with E-state index in [1.165, 1.54) is 37.3 Å². The average molecular weight is 492 g/mol. The van der Waals surface area contributed by atoms with Crippen molar-refractivity contribution in [3.05, 3.63) is 115 Å². The molecule has 174 valence electrons. The van der Waals surface area contributed by atoms with Crippen molar-refractivity contribution < 1.29 is 0 Å². The highest BCUT2D eigenvalue weighted by Gasteiger charge is 2.25. The summed E-state index contributed by atoms with van der Waals surface area (Å²) in [4.78, 5) is 12.9. The zero-order valence-corrected chi connectivity index (χ0v) is 21.0. The highest BCUT2D eigenvalue weighted by atomic mass is 32.2. The molecule has 0 bridgehead atoms. The van der Waals surface area contributed by atoms with Gasteiger partial charge in [0.25, 0.3) is 0 Å². The Morgan fingerprint density at radius 3 is 2.35 bits per heavy atom. The van der Waals surface area contributed by atoms with E-state index in [4.69, 9.17) is 9.97 Å². The van der Waals surface area contributed by atoms with Crippen molar-refractivity contribution >= 4 is 44.5 Å². The molecule has 0 atom stereocenters. The molecular formula is C33H21N3S. The van der Waals surface area contributed by atoms with Gasteiger partial charge in [-0.25, -0.2) is 9.97 Å². The lowest BCUT2D eigenvalue weighted by atomic mass is 9.99. The molecule has 8 rings (SSSR count). The number of rotatable bonds is 2. The molecule has 3 nitrogen and oxygen atoms in total. The molecule has 0 aliphatic carbocycles. The first kappa shape index (κ1) is 20.7. The summed E-state index contributed by atoms with van der Waals surface area (Å²) in [6, 6.07) is 38.7. The zero-order valence-electron chi connectivity index (χ0n) is 20.1. The molecule has 7 aromatic rings. The topological polar surface area (TPSA) is 30.7 Å². The molecule has 0 saturated carbocycles. The van der Waals surface area contributed by atoms with Crippen LogP contribution in [0.3, 0.4) is 0 Å². The predicted molar refractivity (Wildman–Crippen MR) is 154 cm³/mol. The van der Waals surface area contributed by atoms with Gasteiger partial charge < -0.3 is 0 Å². The van der Waals surface area contributed by atoms with Gasteiger partial charge in [-0.15, -0.1) is 0 Å². The zero-order chi connectivity index (χ0) is 24.5. The van der Waals surface area contributed by atoms with Crippen molar-refractivity contribution in [1.29, 1.82) is 0 Å².